The minimum atomic E-state index is -1.18. The molecule has 0 saturated carbocycles. The summed E-state index contributed by atoms with van der Waals surface area (Å²) in [5, 5.41) is 11.5. The van der Waals surface area contributed by atoms with Crippen molar-refractivity contribution in [1.29, 1.82) is 0 Å². The molecule has 0 radical (unpaired) electrons. The maximum absolute atomic E-state index is 10.9. The van der Waals surface area contributed by atoms with Gasteiger partial charge in [-0.05, 0) is 23.3 Å². The fraction of sp³-hybridized carbons (Fsp3) is 0. The van der Waals surface area contributed by atoms with E-state index in [9.17, 15) is 9.90 Å². The Balaban J connectivity index is 2.55. The van der Waals surface area contributed by atoms with Crippen molar-refractivity contribution in [2.75, 3.05) is 0 Å². The standard InChI is InChI=1S/C13H9ClO2/c14-10-7-5-9(6-8-10)11-3-1-2-4-12(11)13(15)16/h1-8H,(H,15,16)/p-1. The number of carbonyl (C=O) groups is 1. The number of hydrogen-bond donors (Lipinski definition) is 0. The SMILES string of the molecule is O=C([O-])c1ccccc1-c1ccc(Cl)cc1. The highest BCUT2D eigenvalue weighted by Crippen LogP contribution is 2.24. The maximum Gasteiger partial charge on any atom is 0.0721 e. The van der Waals surface area contributed by atoms with Gasteiger partial charge in [0.1, 0.15) is 0 Å². The van der Waals surface area contributed by atoms with Gasteiger partial charge in [-0.2, -0.15) is 0 Å². The molecule has 80 valence electrons. The molecular weight excluding hydrogens is 224 g/mol. The summed E-state index contributed by atoms with van der Waals surface area (Å²) >= 11 is 5.77. The predicted molar refractivity (Wildman–Crippen MR) is 61.2 cm³/mol. The van der Waals surface area contributed by atoms with Crippen LogP contribution in [0.2, 0.25) is 5.02 Å². The summed E-state index contributed by atoms with van der Waals surface area (Å²) in [5.74, 6) is -1.18. The summed E-state index contributed by atoms with van der Waals surface area (Å²) in [6, 6.07) is 13.7. The number of carboxylic acid groups (broad SMARTS) is 1. The van der Waals surface area contributed by atoms with E-state index in [1.165, 1.54) is 6.07 Å². The molecule has 0 spiro atoms. The number of aromatic carboxylic acids is 1. The molecule has 0 heterocycles. The Morgan fingerprint density at radius 1 is 1.00 bits per heavy atom. The van der Waals surface area contributed by atoms with E-state index in [4.69, 9.17) is 11.6 Å². The van der Waals surface area contributed by atoms with E-state index >= 15 is 0 Å². The van der Waals surface area contributed by atoms with Gasteiger partial charge in [-0.3, -0.25) is 0 Å². The second-order valence-corrected chi connectivity index (χ2v) is 3.78. The number of rotatable bonds is 2. The summed E-state index contributed by atoms with van der Waals surface area (Å²) in [6.07, 6.45) is 0. The average Bonchev–Trinajstić information content (AvgIpc) is 2.30. The number of hydrogen-bond acceptors (Lipinski definition) is 2. The summed E-state index contributed by atoms with van der Waals surface area (Å²) < 4.78 is 0. The lowest BCUT2D eigenvalue weighted by Gasteiger charge is -2.10. The topological polar surface area (TPSA) is 40.1 Å². The van der Waals surface area contributed by atoms with E-state index < -0.39 is 5.97 Å². The molecule has 0 aliphatic rings. The number of halogens is 1. The van der Waals surface area contributed by atoms with Crippen molar-refractivity contribution in [2.45, 2.75) is 0 Å². The third kappa shape index (κ3) is 2.07. The minimum Gasteiger partial charge on any atom is -0.545 e. The Bertz CT molecular complexity index is 518. The predicted octanol–water partition coefficient (Wildman–Crippen LogP) is 2.37. The van der Waals surface area contributed by atoms with Crippen LogP contribution in [-0.4, -0.2) is 5.97 Å². The third-order valence-corrected chi connectivity index (χ3v) is 2.55. The van der Waals surface area contributed by atoms with Crippen LogP contribution in [0.25, 0.3) is 11.1 Å². The molecule has 0 N–H and O–H groups in total. The van der Waals surface area contributed by atoms with Crippen molar-refractivity contribution >= 4 is 17.6 Å². The van der Waals surface area contributed by atoms with Gasteiger partial charge in [0.05, 0.1) is 5.97 Å². The molecule has 0 aliphatic carbocycles. The van der Waals surface area contributed by atoms with Gasteiger partial charge in [-0.15, -0.1) is 0 Å². The number of carbonyl (C=O) groups excluding carboxylic acids is 1. The highest BCUT2D eigenvalue weighted by Gasteiger charge is 2.04. The zero-order valence-corrected chi connectivity index (χ0v) is 9.07. The molecule has 0 aromatic heterocycles. The van der Waals surface area contributed by atoms with Crippen molar-refractivity contribution in [1.82, 2.24) is 0 Å². The van der Waals surface area contributed by atoms with Gasteiger partial charge in [0.2, 0.25) is 0 Å². The minimum absolute atomic E-state index is 0.185. The largest absolute Gasteiger partial charge is 0.545 e. The Hall–Kier alpha value is -1.80. The van der Waals surface area contributed by atoms with Crippen molar-refractivity contribution in [3.63, 3.8) is 0 Å². The summed E-state index contributed by atoms with van der Waals surface area (Å²) in [5.41, 5.74) is 1.63. The molecule has 0 fully saturated rings. The van der Waals surface area contributed by atoms with E-state index in [0.29, 0.717) is 10.6 Å². The van der Waals surface area contributed by atoms with E-state index in [1.54, 1.807) is 42.5 Å². The van der Waals surface area contributed by atoms with Gasteiger partial charge in [0.15, 0.2) is 0 Å². The van der Waals surface area contributed by atoms with E-state index in [-0.39, 0.29) is 5.56 Å². The van der Waals surface area contributed by atoms with Crippen LogP contribution < -0.4 is 5.11 Å². The normalized spacial score (nSPS) is 10.1. The highest BCUT2D eigenvalue weighted by molar-refractivity contribution is 6.30. The van der Waals surface area contributed by atoms with Crippen LogP contribution in [0.15, 0.2) is 48.5 Å². The first-order chi connectivity index (χ1) is 7.68. The second kappa shape index (κ2) is 4.37. The molecule has 16 heavy (non-hydrogen) atoms. The quantitative estimate of drug-likeness (QED) is 0.796. The first-order valence-electron chi connectivity index (χ1n) is 4.75. The lowest BCUT2D eigenvalue weighted by Crippen LogP contribution is -2.22. The Labute approximate surface area is 98.1 Å². The molecule has 2 aromatic rings. The molecule has 3 heteroatoms. The third-order valence-electron chi connectivity index (χ3n) is 2.30. The molecule has 2 nitrogen and oxygen atoms in total. The molecule has 0 unspecified atom stereocenters. The van der Waals surface area contributed by atoms with E-state index in [0.717, 1.165) is 5.56 Å². The summed E-state index contributed by atoms with van der Waals surface area (Å²) in [7, 11) is 0. The Kier molecular flexibility index (Phi) is 2.93. The van der Waals surface area contributed by atoms with Crippen LogP contribution in [0.4, 0.5) is 0 Å². The summed E-state index contributed by atoms with van der Waals surface area (Å²) in [6.45, 7) is 0. The second-order valence-electron chi connectivity index (χ2n) is 3.34. The number of carboxylic acids is 1. The van der Waals surface area contributed by atoms with Gasteiger partial charge < -0.3 is 9.90 Å². The van der Waals surface area contributed by atoms with Gasteiger partial charge >= 0.3 is 0 Å². The van der Waals surface area contributed by atoms with Crippen LogP contribution in [-0.2, 0) is 0 Å². The average molecular weight is 232 g/mol. The van der Waals surface area contributed by atoms with Crippen LogP contribution in [0, 0.1) is 0 Å². The van der Waals surface area contributed by atoms with Crippen LogP contribution in [0.5, 0.6) is 0 Å². The van der Waals surface area contributed by atoms with Crippen molar-refractivity contribution < 1.29 is 9.90 Å². The fourth-order valence-electron chi connectivity index (χ4n) is 1.54. The zero-order valence-electron chi connectivity index (χ0n) is 8.31. The Morgan fingerprint density at radius 2 is 1.62 bits per heavy atom. The first-order valence-corrected chi connectivity index (χ1v) is 5.12. The smallest absolute Gasteiger partial charge is 0.0721 e. The number of benzene rings is 2. The van der Waals surface area contributed by atoms with Crippen LogP contribution >= 0.6 is 11.6 Å². The molecule has 2 aromatic carbocycles. The van der Waals surface area contributed by atoms with E-state index in [2.05, 4.69) is 0 Å². The Morgan fingerprint density at radius 3 is 2.25 bits per heavy atom. The van der Waals surface area contributed by atoms with Gasteiger partial charge in [-0.1, -0.05) is 48.0 Å². The van der Waals surface area contributed by atoms with Crippen molar-refractivity contribution in [3.8, 4) is 11.1 Å². The molecule has 0 atom stereocenters. The molecule has 2 rings (SSSR count). The van der Waals surface area contributed by atoms with Crippen molar-refractivity contribution in [3.05, 3.63) is 59.1 Å². The highest BCUT2D eigenvalue weighted by atomic mass is 35.5. The van der Waals surface area contributed by atoms with Crippen LogP contribution in [0.3, 0.4) is 0 Å². The van der Waals surface area contributed by atoms with Crippen LogP contribution in [0.1, 0.15) is 10.4 Å². The van der Waals surface area contributed by atoms with Gasteiger partial charge in [0, 0.05) is 10.6 Å². The van der Waals surface area contributed by atoms with Crippen molar-refractivity contribution in [2.24, 2.45) is 0 Å². The monoisotopic (exact) mass is 231 g/mol. The molecule has 0 saturated heterocycles. The van der Waals surface area contributed by atoms with E-state index in [1.807, 2.05) is 0 Å². The summed E-state index contributed by atoms with van der Waals surface area (Å²) in [4.78, 5) is 10.9. The van der Waals surface area contributed by atoms with Gasteiger partial charge in [0.25, 0.3) is 0 Å². The lowest BCUT2D eigenvalue weighted by atomic mass is 10.00. The zero-order chi connectivity index (χ0) is 11.5. The fourth-order valence-corrected chi connectivity index (χ4v) is 1.67. The molecule has 0 aliphatic heterocycles. The molecular formula is C13H8ClO2-. The lowest BCUT2D eigenvalue weighted by molar-refractivity contribution is -0.254. The molecule has 0 amide bonds. The first kappa shape index (κ1) is 10.7. The van der Waals surface area contributed by atoms with Gasteiger partial charge in [-0.25, -0.2) is 0 Å². The molecule has 0 bridgehead atoms. The maximum atomic E-state index is 10.9.